The fourth-order valence-electron chi connectivity index (χ4n) is 0.755. The summed E-state index contributed by atoms with van der Waals surface area (Å²) in [4.78, 5) is 11.2. The molecule has 0 rings (SSSR count). The van der Waals surface area contributed by atoms with E-state index >= 15 is 0 Å². The number of aliphatic hydroxyl groups excluding tert-OH is 1. The summed E-state index contributed by atoms with van der Waals surface area (Å²) in [5.41, 5.74) is 1.71. The zero-order chi connectivity index (χ0) is 10.3. The number of hydrogen-bond acceptors (Lipinski definition) is 4. The smallest absolute Gasteiger partial charge is 0.240 e. The Morgan fingerprint density at radius 2 is 2.23 bits per heavy atom. The van der Waals surface area contributed by atoms with E-state index in [1.54, 1.807) is 11.8 Å². The number of carbonyl (C=O) groups is 1. The van der Waals surface area contributed by atoms with Crippen molar-refractivity contribution in [1.82, 2.24) is 5.43 Å². The Labute approximate surface area is 83.2 Å². The van der Waals surface area contributed by atoms with E-state index in [-0.39, 0.29) is 12.5 Å². The van der Waals surface area contributed by atoms with E-state index in [1.807, 2.05) is 13.8 Å². The van der Waals surface area contributed by atoms with Crippen LogP contribution in [0.25, 0.3) is 0 Å². The third-order valence-electron chi connectivity index (χ3n) is 1.66. The highest BCUT2D eigenvalue weighted by molar-refractivity contribution is 7.99. The van der Waals surface area contributed by atoms with Crippen LogP contribution in [0, 0.1) is 5.41 Å². The van der Waals surface area contributed by atoms with E-state index in [0.29, 0.717) is 0 Å². The lowest BCUT2D eigenvalue weighted by molar-refractivity contribution is -0.128. The Hall–Kier alpha value is -0.260. The molecule has 0 atom stereocenters. The van der Waals surface area contributed by atoms with E-state index in [2.05, 4.69) is 5.43 Å². The molecule has 0 saturated heterocycles. The first-order valence-corrected chi connectivity index (χ1v) is 5.39. The minimum Gasteiger partial charge on any atom is -0.396 e. The molecule has 4 nitrogen and oxygen atoms in total. The molecule has 0 heterocycles. The van der Waals surface area contributed by atoms with E-state index < -0.39 is 5.41 Å². The van der Waals surface area contributed by atoms with Gasteiger partial charge in [0, 0.05) is 12.4 Å². The predicted octanol–water partition coefficient (Wildman–Crippen LogP) is 0.118. The molecule has 0 aliphatic carbocycles. The van der Waals surface area contributed by atoms with Crippen LogP contribution in [-0.2, 0) is 4.79 Å². The minimum absolute atomic E-state index is 0.149. The molecule has 0 aromatic rings. The number of nitrogens with one attached hydrogen (secondary N) is 1. The summed E-state index contributed by atoms with van der Waals surface area (Å²) in [6.07, 6.45) is 0.769. The molecule has 1 amide bonds. The van der Waals surface area contributed by atoms with E-state index in [0.717, 1.165) is 17.9 Å². The fraction of sp³-hybridized carbons (Fsp3) is 0.875. The molecule has 0 saturated carbocycles. The lowest BCUT2D eigenvalue weighted by Gasteiger charge is -2.21. The van der Waals surface area contributed by atoms with Gasteiger partial charge in [-0.25, -0.2) is 5.84 Å². The van der Waals surface area contributed by atoms with Gasteiger partial charge < -0.3 is 5.11 Å². The van der Waals surface area contributed by atoms with Crippen molar-refractivity contribution in [1.29, 1.82) is 0 Å². The molecule has 0 aromatic heterocycles. The average Bonchev–Trinajstić information content (AvgIpc) is 2.11. The number of hydrogen-bond donors (Lipinski definition) is 3. The van der Waals surface area contributed by atoms with Gasteiger partial charge >= 0.3 is 0 Å². The van der Waals surface area contributed by atoms with Gasteiger partial charge in [0.1, 0.15) is 0 Å². The molecule has 13 heavy (non-hydrogen) atoms. The summed E-state index contributed by atoms with van der Waals surface area (Å²) in [5.74, 6) is 6.48. The second-order valence-corrected chi connectivity index (χ2v) is 4.59. The van der Waals surface area contributed by atoms with Crippen molar-refractivity contribution in [2.75, 3.05) is 18.1 Å². The molecule has 78 valence electrons. The van der Waals surface area contributed by atoms with Crippen LogP contribution in [-0.4, -0.2) is 29.1 Å². The van der Waals surface area contributed by atoms with Gasteiger partial charge in [-0.1, -0.05) is 13.8 Å². The maximum Gasteiger partial charge on any atom is 0.240 e. The largest absolute Gasteiger partial charge is 0.396 e. The summed E-state index contributed by atoms with van der Waals surface area (Å²) in [6, 6.07) is 0. The second kappa shape index (κ2) is 6.23. The number of amides is 1. The van der Waals surface area contributed by atoms with Gasteiger partial charge in [-0.3, -0.25) is 10.2 Å². The van der Waals surface area contributed by atoms with Crippen molar-refractivity contribution >= 4 is 17.7 Å². The quantitative estimate of drug-likeness (QED) is 0.250. The molecular formula is C8H18N2O2S. The van der Waals surface area contributed by atoms with E-state index in [1.165, 1.54) is 0 Å². The topological polar surface area (TPSA) is 75.3 Å². The van der Waals surface area contributed by atoms with Crippen LogP contribution in [0.15, 0.2) is 0 Å². The number of carbonyl (C=O) groups excluding carboxylic acids is 1. The molecule has 0 bridgehead atoms. The Balaban J connectivity index is 3.69. The van der Waals surface area contributed by atoms with E-state index in [9.17, 15) is 4.79 Å². The van der Waals surface area contributed by atoms with Crippen LogP contribution in [0.4, 0.5) is 0 Å². The molecule has 0 aromatic carbocycles. The Kier molecular flexibility index (Phi) is 6.11. The molecule has 4 N–H and O–H groups in total. The summed E-state index contributed by atoms with van der Waals surface area (Å²) < 4.78 is 0. The van der Waals surface area contributed by atoms with Crippen molar-refractivity contribution < 1.29 is 9.90 Å². The summed E-state index contributed by atoms with van der Waals surface area (Å²) >= 11 is 1.65. The van der Waals surface area contributed by atoms with E-state index in [4.69, 9.17) is 10.9 Å². The molecule has 0 spiro atoms. The summed E-state index contributed by atoms with van der Waals surface area (Å²) in [6.45, 7) is 3.90. The minimum atomic E-state index is -0.436. The van der Waals surface area contributed by atoms with Crippen molar-refractivity contribution in [3.8, 4) is 0 Å². The third-order valence-corrected chi connectivity index (χ3v) is 3.16. The first kappa shape index (κ1) is 12.7. The Morgan fingerprint density at radius 3 is 2.69 bits per heavy atom. The van der Waals surface area contributed by atoms with Crippen LogP contribution in [0.5, 0.6) is 0 Å². The SMILES string of the molecule is CC(C)(CSCCCO)C(=O)NN. The summed E-state index contributed by atoms with van der Waals surface area (Å²) in [5, 5.41) is 8.54. The number of hydrazine groups is 1. The number of thioether (sulfide) groups is 1. The van der Waals surface area contributed by atoms with Gasteiger partial charge in [0.2, 0.25) is 5.91 Å². The molecule has 0 unspecified atom stereocenters. The van der Waals surface area contributed by atoms with Gasteiger partial charge in [-0.05, 0) is 12.2 Å². The van der Waals surface area contributed by atoms with Gasteiger partial charge in [-0.15, -0.1) is 0 Å². The predicted molar refractivity (Wildman–Crippen MR) is 55.1 cm³/mol. The van der Waals surface area contributed by atoms with Crippen molar-refractivity contribution in [2.45, 2.75) is 20.3 Å². The third kappa shape index (κ3) is 5.13. The van der Waals surface area contributed by atoms with Crippen molar-refractivity contribution in [2.24, 2.45) is 11.3 Å². The fourth-order valence-corrected chi connectivity index (χ4v) is 1.87. The van der Waals surface area contributed by atoms with Gasteiger partial charge in [0.05, 0.1) is 5.41 Å². The maximum atomic E-state index is 11.2. The summed E-state index contributed by atoms with van der Waals surface area (Å²) in [7, 11) is 0. The number of nitrogens with two attached hydrogens (primary N) is 1. The standard InChI is InChI=1S/C8H18N2O2S/c1-8(2,7(12)10-9)6-13-5-3-4-11/h11H,3-6,9H2,1-2H3,(H,10,12). The molecular weight excluding hydrogens is 188 g/mol. The van der Waals surface area contributed by atoms with Crippen LogP contribution < -0.4 is 11.3 Å². The first-order valence-electron chi connectivity index (χ1n) is 4.24. The van der Waals surface area contributed by atoms with Crippen LogP contribution in [0.2, 0.25) is 0 Å². The zero-order valence-corrected chi connectivity index (χ0v) is 8.99. The molecule has 5 heteroatoms. The highest BCUT2D eigenvalue weighted by Crippen LogP contribution is 2.21. The van der Waals surface area contributed by atoms with Gasteiger partial charge in [-0.2, -0.15) is 11.8 Å². The number of aliphatic hydroxyl groups is 1. The van der Waals surface area contributed by atoms with Crippen LogP contribution >= 0.6 is 11.8 Å². The highest BCUT2D eigenvalue weighted by atomic mass is 32.2. The lowest BCUT2D eigenvalue weighted by Crippen LogP contribution is -2.42. The highest BCUT2D eigenvalue weighted by Gasteiger charge is 2.26. The lowest BCUT2D eigenvalue weighted by atomic mass is 9.96. The van der Waals surface area contributed by atoms with Gasteiger partial charge in [0.25, 0.3) is 0 Å². The second-order valence-electron chi connectivity index (χ2n) is 3.49. The van der Waals surface area contributed by atoms with Gasteiger partial charge in [0.15, 0.2) is 0 Å². The normalized spacial score (nSPS) is 11.4. The number of rotatable bonds is 6. The molecule has 0 radical (unpaired) electrons. The van der Waals surface area contributed by atoms with Crippen LogP contribution in [0.1, 0.15) is 20.3 Å². The molecule has 0 fully saturated rings. The maximum absolute atomic E-state index is 11.2. The zero-order valence-electron chi connectivity index (χ0n) is 8.17. The first-order chi connectivity index (χ1) is 6.04. The van der Waals surface area contributed by atoms with Crippen molar-refractivity contribution in [3.05, 3.63) is 0 Å². The van der Waals surface area contributed by atoms with Crippen LogP contribution in [0.3, 0.4) is 0 Å². The van der Waals surface area contributed by atoms with Crippen molar-refractivity contribution in [3.63, 3.8) is 0 Å². The Bertz CT molecular complexity index is 162. The molecule has 0 aliphatic rings. The Morgan fingerprint density at radius 1 is 1.62 bits per heavy atom. The average molecular weight is 206 g/mol. The molecule has 0 aliphatic heterocycles. The monoisotopic (exact) mass is 206 g/mol.